The van der Waals surface area contributed by atoms with E-state index >= 15 is 0 Å². The molecule has 1 aromatic carbocycles. The summed E-state index contributed by atoms with van der Waals surface area (Å²) in [6.45, 7) is 10.5. The molecule has 5 N–H and O–H groups in total. The van der Waals surface area contributed by atoms with Crippen molar-refractivity contribution in [2.24, 2.45) is 0 Å². The Morgan fingerprint density at radius 2 is 0.838 bits per heavy atom. The quantitative estimate of drug-likeness (QED) is 0.110. The standard InChI is InChI=1S/C24H20O13/c1-4-7-10(8-5-2)11(9-6-3)23(35)37-24(36)17-15(21(31)32)13(19(27)28)12(18(25)26)14(20(29)30)16(17)22(33)34/h4-6H,1-3,7-9H2,(H,25,26)(H,27,28)(H,29,30)(H,31,32)(H,33,34). The normalized spacial score (nSPS) is 9.95. The molecule has 0 amide bonds. The molecular weight excluding hydrogens is 496 g/mol. The maximum Gasteiger partial charge on any atom is 0.347 e. The Kier molecular flexibility index (Phi) is 9.95. The molecule has 0 bridgehead atoms. The van der Waals surface area contributed by atoms with E-state index in [1.54, 1.807) is 0 Å². The van der Waals surface area contributed by atoms with Crippen LogP contribution in [0.25, 0.3) is 0 Å². The van der Waals surface area contributed by atoms with Crippen molar-refractivity contribution in [3.05, 3.63) is 82.5 Å². The van der Waals surface area contributed by atoms with Crippen molar-refractivity contribution in [3.63, 3.8) is 0 Å². The fourth-order valence-electron chi connectivity index (χ4n) is 3.41. The molecule has 1 rings (SSSR count). The van der Waals surface area contributed by atoms with E-state index in [0.29, 0.717) is 5.57 Å². The third kappa shape index (κ3) is 6.22. The van der Waals surface area contributed by atoms with Crippen LogP contribution in [0.4, 0.5) is 0 Å². The highest BCUT2D eigenvalue weighted by molar-refractivity contribution is 6.23. The van der Waals surface area contributed by atoms with Gasteiger partial charge < -0.3 is 30.3 Å². The zero-order valence-electron chi connectivity index (χ0n) is 19.0. The van der Waals surface area contributed by atoms with E-state index in [1.165, 1.54) is 18.2 Å². The summed E-state index contributed by atoms with van der Waals surface area (Å²) in [5.74, 6) is -15.0. The molecule has 194 valence electrons. The Bertz CT molecular complexity index is 1230. The van der Waals surface area contributed by atoms with Crippen LogP contribution in [0.15, 0.2) is 49.1 Å². The number of carboxylic acids is 5. The van der Waals surface area contributed by atoms with Gasteiger partial charge >= 0.3 is 41.8 Å². The summed E-state index contributed by atoms with van der Waals surface area (Å²) in [5, 5.41) is 47.6. The first-order valence-electron chi connectivity index (χ1n) is 9.97. The average molecular weight is 516 g/mol. The molecule has 0 saturated heterocycles. The van der Waals surface area contributed by atoms with Crippen LogP contribution in [-0.4, -0.2) is 67.3 Å². The Morgan fingerprint density at radius 1 is 0.541 bits per heavy atom. The van der Waals surface area contributed by atoms with Gasteiger partial charge in [0.05, 0.1) is 33.4 Å². The van der Waals surface area contributed by atoms with E-state index in [9.17, 15) is 59.1 Å². The van der Waals surface area contributed by atoms with Gasteiger partial charge in [-0.05, 0) is 19.3 Å². The third-order valence-corrected chi connectivity index (χ3v) is 4.76. The molecule has 37 heavy (non-hydrogen) atoms. The SMILES string of the molecule is C=CCC(CC=C)=C(CC=C)C(=O)OC(=O)c1c(C(=O)O)c(C(=O)O)c(C(=O)O)c(C(=O)O)c1C(=O)O. The van der Waals surface area contributed by atoms with Gasteiger partial charge in [0.2, 0.25) is 0 Å². The highest BCUT2D eigenvalue weighted by Crippen LogP contribution is 2.31. The predicted octanol–water partition coefficient (Wildman–Crippen LogP) is 2.89. The van der Waals surface area contributed by atoms with Gasteiger partial charge in [-0.3, -0.25) is 0 Å². The summed E-state index contributed by atoms with van der Waals surface area (Å²) < 4.78 is 4.66. The third-order valence-electron chi connectivity index (χ3n) is 4.76. The van der Waals surface area contributed by atoms with E-state index in [-0.39, 0.29) is 24.8 Å². The second-order valence-corrected chi connectivity index (χ2v) is 7.01. The van der Waals surface area contributed by atoms with Crippen LogP contribution in [0, 0.1) is 0 Å². The van der Waals surface area contributed by atoms with Crippen molar-refractivity contribution in [2.75, 3.05) is 0 Å². The Hall–Kier alpha value is -5.33. The van der Waals surface area contributed by atoms with Gasteiger partial charge in [-0.2, -0.15) is 0 Å². The highest BCUT2D eigenvalue weighted by Gasteiger charge is 2.41. The van der Waals surface area contributed by atoms with Crippen molar-refractivity contribution in [2.45, 2.75) is 19.3 Å². The lowest BCUT2D eigenvalue weighted by atomic mass is 9.86. The lowest BCUT2D eigenvalue weighted by Crippen LogP contribution is -2.29. The summed E-state index contributed by atoms with van der Waals surface area (Å²) in [6, 6.07) is 0. The number of hydrogen-bond acceptors (Lipinski definition) is 8. The van der Waals surface area contributed by atoms with Crippen molar-refractivity contribution >= 4 is 41.8 Å². The van der Waals surface area contributed by atoms with E-state index in [4.69, 9.17) is 0 Å². The highest BCUT2D eigenvalue weighted by atomic mass is 16.6. The number of esters is 2. The van der Waals surface area contributed by atoms with Gasteiger partial charge in [-0.15, -0.1) is 19.7 Å². The Balaban J connectivity index is 4.16. The number of carboxylic acid groups (broad SMARTS) is 5. The summed E-state index contributed by atoms with van der Waals surface area (Å²) >= 11 is 0. The minimum Gasteiger partial charge on any atom is -0.478 e. The number of ether oxygens (including phenoxy) is 1. The molecule has 0 saturated carbocycles. The second kappa shape index (κ2) is 12.4. The molecule has 0 atom stereocenters. The van der Waals surface area contributed by atoms with Crippen LogP contribution in [0.1, 0.15) is 81.4 Å². The van der Waals surface area contributed by atoms with Crippen LogP contribution < -0.4 is 0 Å². The maximum atomic E-state index is 13.0. The van der Waals surface area contributed by atoms with Crippen molar-refractivity contribution in [1.82, 2.24) is 0 Å². The molecule has 0 fully saturated rings. The minimum absolute atomic E-state index is 0.110. The van der Waals surface area contributed by atoms with Gasteiger partial charge in [0, 0.05) is 5.57 Å². The van der Waals surface area contributed by atoms with Crippen LogP contribution in [0.3, 0.4) is 0 Å². The molecule has 1 aromatic rings. The van der Waals surface area contributed by atoms with Crippen LogP contribution in [-0.2, 0) is 9.53 Å². The summed E-state index contributed by atoms with van der Waals surface area (Å²) in [4.78, 5) is 85.1. The second-order valence-electron chi connectivity index (χ2n) is 7.01. The predicted molar refractivity (Wildman–Crippen MR) is 123 cm³/mol. The molecule has 13 heteroatoms. The van der Waals surface area contributed by atoms with E-state index in [0.717, 1.165) is 0 Å². The summed E-state index contributed by atoms with van der Waals surface area (Å²) in [7, 11) is 0. The number of benzene rings is 1. The molecule has 0 aliphatic carbocycles. The average Bonchev–Trinajstić information content (AvgIpc) is 2.79. The van der Waals surface area contributed by atoms with Gasteiger partial charge in [-0.25, -0.2) is 33.6 Å². The molecule has 0 heterocycles. The number of allylic oxidation sites excluding steroid dienone is 4. The molecule has 0 radical (unpaired) electrons. The molecule has 0 spiro atoms. The lowest BCUT2D eigenvalue weighted by molar-refractivity contribution is -0.133. The van der Waals surface area contributed by atoms with E-state index in [2.05, 4.69) is 24.5 Å². The zero-order valence-corrected chi connectivity index (χ0v) is 19.0. The van der Waals surface area contributed by atoms with Crippen LogP contribution in [0.2, 0.25) is 0 Å². The van der Waals surface area contributed by atoms with Gasteiger partial charge in [0.25, 0.3) is 0 Å². The molecule has 0 aromatic heterocycles. The van der Waals surface area contributed by atoms with Crippen molar-refractivity contribution in [3.8, 4) is 0 Å². The van der Waals surface area contributed by atoms with Crippen LogP contribution in [0.5, 0.6) is 0 Å². The fourth-order valence-corrected chi connectivity index (χ4v) is 3.41. The summed E-state index contributed by atoms with van der Waals surface area (Å²) in [6.07, 6.45) is 4.11. The zero-order chi connectivity index (χ0) is 28.6. The molecule has 13 nitrogen and oxygen atoms in total. The number of hydrogen-bond donors (Lipinski definition) is 5. The fraction of sp³-hybridized carbons (Fsp3) is 0.125. The largest absolute Gasteiger partial charge is 0.478 e. The van der Waals surface area contributed by atoms with Gasteiger partial charge in [0.15, 0.2) is 0 Å². The van der Waals surface area contributed by atoms with E-state index < -0.39 is 75.2 Å². The maximum absolute atomic E-state index is 13.0. The van der Waals surface area contributed by atoms with Crippen molar-refractivity contribution < 1.29 is 63.8 Å². The monoisotopic (exact) mass is 516 g/mol. The molecule has 0 unspecified atom stereocenters. The van der Waals surface area contributed by atoms with Gasteiger partial charge in [0.1, 0.15) is 0 Å². The minimum atomic E-state index is -2.31. The first-order chi connectivity index (χ1) is 17.3. The molecule has 0 aliphatic heterocycles. The Labute approximate surface area is 207 Å². The van der Waals surface area contributed by atoms with Crippen LogP contribution >= 0.6 is 0 Å². The first-order valence-corrected chi connectivity index (χ1v) is 9.97. The number of aromatic carboxylic acids is 5. The number of rotatable bonds is 13. The van der Waals surface area contributed by atoms with Crippen molar-refractivity contribution in [1.29, 1.82) is 0 Å². The van der Waals surface area contributed by atoms with Gasteiger partial charge in [-0.1, -0.05) is 23.8 Å². The lowest BCUT2D eigenvalue weighted by Gasteiger charge is -2.17. The smallest absolute Gasteiger partial charge is 0.347 e. The summed E-state index contributed by atoms with van der Waals surface area (Å²) in [5.41, 5.74) is -9.99. The number of carbonyl (C=O) groups is 7. The molecular formula is C24H20O13. The first kappa shape index (κ1) is 29.7. The van der Waals surface area contributed by atoms with E-state index in [1.807, 2.05) is 0 Å². The topological polar surface area (TPSA) is 230 Å². The number of carbonyl (C=O) groups excluding carboxylic acids is 2. The molecule has 0 aliphatic rings. The Morgan fingerprint density at radius 3 is 1.11 bits per heavy atom.